The van der Waals surface area contributed by atoms with Crippen molar-refractivity contribution in [2.24, 2.45) is 0 Å². The van der Waals surface area contributed by atoms with Crippen molar-refractivity contribution in [3.05, 3.63) is 88.2 Å². The summed E-state index contributed by atoms with van der Waals surface area (Å²) in [7, 11) is 2.15. The second-order valence-electron chi connectivity index (χ2n) is 15.0. The molecule has 3 fully saturated rings. The molecular formula is C42H47ClN6O5S. The van der Waals surface area contributed by atoms with E-state index in [9.17, 15) is 9.90 Å². The largest absolute Gasteiger partial charge is 0.491 e. The van der Waals surface area contributed by atoms with Gasteiger partial charge in [0.1, 0.15) is 30.5 Å². The van der Waals surface area contributed by atoms with E-state index in [1.165, 1.54) is 18.0 Å². The van der Waals surface area contributed by atoms with Crippen LogP contribution in [-0.4, -0.2) is 92.7 Å². The minimum Gasteiger partial charge on any atom is -0.491 e. The number of carbonyl (C=O) groups is 1. The van der Waals surface area contributed by atoms with Crippen LogP contribution in [-0.2, 0) is 17.8 Å². The quantitative estimate of drug-likeness (QED) is 0.111. The molecule has 288 valence electrons. The monoisotopic (exact) mass is 782 g/mol. The Hall–Kier alpha value is -4.36. The molecule has 0 spiro atoms. The van der Waals surface area contributed by atoms with Crippen LogP contribution >= 0.6 is 23.1 Å². The van der Waals surface area contributed by atoms with E-state index in [0.29, 0.717) is 34.6 Å². The SMILES string of the molecule is Cc1c(-c2c(C3CCC3)ncc3snc(OC(Cc4ccccc4OCc4ccnc(C5CCC5)n4)C(=O)O)c23)ccc(OCCN2CCN(C)CC2)c1Cl. The first kappa shape index (κ1) is 37.6. The van der Waals surface area contributed by atoms with Crippen molar-refractivity contribution in [3.8, 4) is 28.5 Å². The Labute approximate surface area is 330 Å². The summed E-state index contributed by atoms with van der Waals surface area (Å²) in [5.74, 6) is 1.97. The third-order valence-electron chi connectivity index (χ3n) is 11.4. The molecule has 1 N–H and O–H groups in total. The van der Waals surface area contributed by atoms with Gasteiger partial charge in [-0.25, -0.2) is 14.8 Å². The fourth-order valence-electron chi connectivity index (χ4n) is 7.50. The normalized spacial score (nSPS) is 17.4. The van der Waals surface area contributed by atoms with Crippen molar-refractivity contribution in [2.75, 3.05) is 46.4 Å². The molecule has 8 rings (SSSR count). The van der Waals surface area contributed by atoms with Gasteiger partial charge in [-0.15, -0.1) is 0 Å². The summed E-state index contributed by atoms with van der Waals surface area (Å²) in [4.78, 5) is 31.8. The molecule has 1 saturated heterocycles. The van der Waals surface area contributed by atoms with E-state index in [0.717, 1.165) is 109 Å². The molecule has 0 bridgehead atoms. The molecule has 0 amide bonds. The number of pyridine rings is 1. The molecule has 2 saturated carbocycles. The Balaban J connectivity index is 1.05. The van der Waals surface area contributed by atoms with Gasteiger partial charge < -0.3 is 24.2 Å². The molecule has 0 radical (unpaired) electrons. The number of rotatable bonds is 15. The Morgan fingerprint density at radius 1 is 0.982 bits per heavy atom. The summed E-state index contributed by atoms with van der Waals surface area (Å²) in [6.07, 6.45) is 9.11. The fourth-order valence-corrected chi connectivity index (χ4v) is 8.42. The van der Waals surface area contributed by atoms with E-state index < -0.39 is 12.1 Å². The van der Waals surface area contributed by atoms with Crippen LogP contribution in [0.4, 0.5) is 0 Å². The molecule has 11 nitrogen and oxygen atoms in total. The van der Waals surface area contributed by atoms with Crippen LogP contribution in [0.25, 0.3) is 21.2 Å². The maximum atomic E-state index is 12.9. The molecule has 2 aliphatic carbocycles. The molecule has 3 aromatic heterocycles. The van der Waals surface area contributed by atoms with Gasteiger partial charge in [0.05, 0.1) is 26.5 Å². The number of nitrogens with zero attached hydrogens (tertiary/aromatic N) is 6. The van der Waals surface area contributed by atoms with Gasteiger partial charge in [-0.05, 0) is 86.1 Å². The van der Waals surface area contributed by atoms with Gasteiger partial charge in [0, 0.05) is 68.9 Å². The Morgan fingerprint density at radius 3 is 2.51 bits per heavy atom. The molecule has 1 unspecified atom stereocenters. The van der Waals surface area contributed by atoms with Crippen LogP contribution in [0.5, 0.6) is 17.4 Å². The highest BCUT2D eigenvalue weighted by molar-refractivity contribution is 7.13. The predicted octanol–water partition coefficient (Wildman–Crippen LogP) is 7.93. The molecule has 2 aromatic carbocycles. The standard InChI is InChI=1S/C42H47ClN6O5S/c1-26-31(13-14-33(38(26)43)52-22-21-49-19-17-48(2)18-20-49)36-37-35(24-45-39(36)27-8-5-9-27)55-47-41(37)54-34(42(50)51)23-29-7-3-4-12-32(29)53-25-30-15-16-44-40(46-30)28-10-6-11-28/h3-4,7,12-16,24,27-28,34H,5-6,8-11,17-23,25H2,1-2H3,(H,50,51). The minimum absolute atomic E-state index is 0.0720. The number of ether oxygens (including phenoxy) is 3. The molecule has 13 heteroatoms. The van der Waals surface area contributed by atoms with E-state index in [2.05, 4.69) is 26.2 Å². The number of carboxylic acid groups (broad SMARTS) is 1. The van der Waals surface area contributed by atoms with Crippen LogP contribution < -0.4 is 14.2 Å². The first-order chi connectivity index (χ1) is 26.8. The number of fused-ring (bicyclic) bond motifs is 1. The van der Waals surface area contributed by atoms with E-state index >= 15 is 0 Å². The number of aromatic nitrogens is 4. The number of piperazine rings is 1. The van der Waals surface area contributed by atoms with Gasteiger partial charge in [0.15, 0.2) is 0 Å². The summed E-state index contributed by atoms with van der Waals surface area (Å²) in [6.45, 7) is 7.80. The van der Waals surface area contributed by atoms with Gasteiger partial charge in [0.25, 0.3) is 0 Å². The first-order valence-electron chi connectivity index (χ1n) is 19.4. The zero-order chi connectivity index (χ0) is 37.9. The minimum atomic E-state index is -1.23. The zero-order valence-electron chi connectivity index (χ0n) is 31.4. The number of hydrogen-bond donors (Lipinski definition) is 1. The lowest BCUT2D eigenvalue weighted by atomic mass is 9.79. The second kappa shape index (κ2) is 16.8. The highest BCUT2D eigenvalue weighted by Gasteiger charge is 2.31. The van der Waals surface area contributed by atoms with Gasteiger partial charge in [-0.2, -0.15) is 4.37 Å². The first-order valence-corrected chi connectivity index (χ1v) is 20.5. The van der Waals surface area contributed by atoms with Gasteiger partial charge in [0.2, 0.25) is 12.0 Å². The molecular weight excluding hydrogens is 736 g/mol. The number of halogens is 1. The smallest absolute Gasteiger partial charge is 0.345 e. The summed E-state index contributed by atoms with van der Waals surface area (Å²) in [5, 5.41) is 11.8. The molecule has 3 aliphatic rings. The molecule has 1 aliphatic heterocycles. The van der Waals surface area contributed by atoms with Crippen molar-refractivity contribution in [1.29, 1.82) is 0 Å². The summed E-state index contributed by atoms with van der Waals surface area (Å²) >= 11 is 8.31. The van der Waals surface area contributed by atoms with Crippen LogP contribution in [0.15, 0.2) is 54.9 Å². The van der Waals surface area contributed by atoms with E-state index in [-0.39, 0.29) is 24.8 Å². The van der Waals surface area contributed by atoms with Crippen molar-refractivity contribution < 1.29 is 24.1 Å². The molecule has 4 heterocycles. The summed E-state index contributed by atoms with van der Waals surface area (Å²) in [5.41, 5.74) is 5.14. The Bertz CT molecular complexity index is 2150. The van der Waals surface area contributed by atoms with Crippen molar-refractivity contribution >= 4 is 39.2 Å². The third-order valence-corrected chi connectivity index (χ3v) is 12.6. The maximum Gasteiger partial charge on any atom is 0.345 e. The van der Waals surface area contributed by atoms with E-state index in [1.54, 1.807) is 6.20 Å². The average Bonchev–Trinajstić information content (AvgIpc) is 3.55. The number of hydrogen-bond acceptors (Lipinski definition) is 11. The van der Waals surface area contributed by atoms with Crippen LogP contribution in [0.3, 0.4) is 0 Å². The highest BCUT2D eigenvalue weighted by Crippen LogP contribution is 2.48. The molecule has 55 heavy (non-hydrogen) atoms. The van der Waals surface area contributed by atoms with Crippen molar-refractivity contribution in [1.82, 2.24) is 29.1 Å². The molecule has 1 atom stereocenters. The van der Waals surface area contributed by atoms with Gasteiger partial charge >= 0.3 is 5.97 Å². The Morgan fingerprint density at radius 2 is 1.76 bits per heavy atom. The molecule has 5 aromatic rings. The van der Waals surface area contributed by atoms with Crippen molar-refractivity contribution in [2.45, 2.75) is 76.4 Å². The Kier molecular flexibility index (Phi) is 11.5. The summed E-state index contributed by atoms with van der Waals surface area (Å²) < 4.78 is 24.4. The highest BCUT2D eigenvalue weighted by atomic mass is 35.5. The average molecular weight is 783 g/mol. The lowest BCUT2D eigenvalue weighted by Gasteiger charge is -2.32. The lowest BCUT2D eigenvalue weighted by Crippen LogP contribution is -2.45. The topological polar surface area (TPSA) is 123 Å². The van der Waals surface area contributed by atoms with E-state index in [4.69, 9.17) is 35.8 Å². The van der Waals surface area contributed by atoms with Gasteiger partial charge in [-0.1, -0.05) is 48.7 Å². The van der Waals surface area contributed by atoms with E-state index in [1.807, 2.05) is 55.6 Å². The number of para-hydroxylation sites is 1. The fraction of sp³-hybridized carbons (Fsp3) is 0.452. The van der Waals surface area contributed by atoms with Crippen LogP contribution in [0.1, 0.15) is 78.7 Å². The number of likely N-dealkylation sites (N-methyl/N-ethyl adjacent to an activating group) is 1. The number of aliphatic carboxylic acids is 1. The zero-order valence-corrected chi connectivity index (χ0v) is 32.9. The number of benzene rings is 2. The second-order valence-corrected chi connectivity index (χ2v) is 16.2. The summed E-state index contributed by atoms with van der Waals surface area (Å²) in [6, 6.07) is 13.3. The number of carboxylic acids is 1. The van der Waals surface area contributed by atoms with Crippen molar-refractivity contribution in [3.63, 3.8) is 0 Å². The predicted molar refractivity (Wildman–Crippen MR) is 214 cm³/mol. The van der Waals surface area contributed by atoms with Crippen LogP contribution in [0.2, 0.25) is 5.02 Å². The van der Waals surface area contributed by atoms with Crippen LogP contribution in [0, 0.1) is 6.92 Å². The van der Waals surface area contributed by atoms with Gasteiger partial charge in [-0.3, -0.25) is 9.88 Å². The maximum absolute atomic E-state index is 12.9. The third kappa shape index (κ3) is 8.28. The lowest BCUT2D eigenvalue weighted by molar-refractivity contribution is -0.145.